The molecule has 0 fully saturated rings. The van der Waals surface area contributed by atoms with E-state index in [4.69, 9.17) is 4.84 Å². The molecule has 2 N–H and O–H groups in total. The molecule has 1 aromatic heterocycles. The number of amides is 3. The van der Waals surface area contributed by atoms with Crippen LogP contribution in [0, 0.1) is 5.92 Å². The summed E-state index contributed by atoms with van der Waals surface area (Å²) in [6.07, 6.45) is -1.15. The lowest BCUT2D eigenvalue weighted by atomic mass is 10.0. The van der Waals surface area contributed by atoms with Crippen molar-refractivity contribution in [2.45, 2.75) is 45.4 Å². The Morgan fingerprint density at radius 3 is 2.32 bits per heavy atom. The van der Waals surface area contributed by atoms with Crippen molar-refractivity contribution < 1.29 is 32.4 Å². The third kappa shape index (κ3) is 10.0. The van der Waals surface area contributed by atoms with E-state index in [9.17, 15) is 27.6 Å². The predicted molar refractivity (Wildman–Crippen MR) is 147 cm³/mol. The lowest BCUT2D eigenvalue weighted by Gasteiger charge is -2.23. The van der Waals surface area contributed by atoms with E-state index in [-0.39, 0.29) is 25.5 Å². The van der Waals surface area contributed by atoms with E-state index in [0.717, 1.165) is 36.0 Å². The molecule has 1 atom stereocenters. The summed E-state index contributed by atoms with van der Waals surface area (Å²) in [5.41, 5.74) is -0.178. The molecule has 2 aromatic carbocycles. The van der Waals surface area contributed by atoms with E-state index in [1.807, 2.05) is 37.3 Å². The average molecular weight is 571 g/mol. The van der Waals surface area contributed by atoms with Crippen LogP contribution in [0.4, 0.5) is 13.2 Å². The molecule has 3 amide bonds. The first-order chi connectivity index (χ1) is 19.7. The number of hydrogen-bond donors (Lipinski definition) is 2. The second kappa shape index (κ2) is 15.5. The first kappa shape index (κ1) is 31.3. The lowest BCUT2D eigenvalue weighted by molar-refractivity contribution is -0.182. The number of hydroxylamine groups is 2. The number of nitrogens with one attached hydrogen (secondary N) is 2. The second-order valence-corrected chi connectivity index (χ2v) is 9.37. The Hall–Kier alpha value is -4.25. The number of rotatable bonds is 15. The summed E-state index contributed by atoms with van der Waals surface area (Å²) in [5.74, 6) is -1.94. The van der Waals surface area contributed by atoms with Crippen LogP contribution in [0.3, 0.4) is 0 Å². The highest BCUT2D eigenvalue weighted by Crippen LogP contribution is 2.32. The van der Waals surface area contributed by atoms with Gasteiger partial charge in [0.15, 0.2) is 0 Å². The van der Waals surface area contributed by atoms with Crippen molar-refractivity contribution in [2.75, 3.05) is 13.2 Å². The maximum absolute atomic E-state index is 13.5. The molecule has 0 unspecified atom stereocenters. The molecule has 3 rings (SSSR count). The number of nitrogens with zero attached hydrogens (tertiary/aromatic N) is 2. The number of carbonyl (C=O) groups is 3. The first-order valence-corrected chi connectivity index (χ1v) is 13.3. The maximum atomic E-state index is 13.5. The van der Waals surface area contributed by atoms with Gasteiger partial charge in [-0.25, -0.2) is 10.0 Å². The molecule has 218 valence electrons. The minimum Gasteiger partial charge on any atom is -0.338 e. The normalized spacial score (nSPS) is 11.9. The van der Waals surface area contributed by atoms with E-state index >= 15 is 0 Å². The topological polar surface area (TPSA) is 101 Å². The molecular weight excluding hydrogens is 537 g/mol. The monoisotopic (exact) mass is 570 g/mol. The van der Waals surface area contributed by atoms with Crippen molar-refractivity contribution >= 4 is 18.2 Å². The number of aromatic nitrogens is 1. The highest BCUT2D eigenvalue weighted by atomic mass is 19.4. The Balaban J connectivity index is 1.64. The zero-order chi connectivity index (χ0) is 29.7. The molecule has 0 aliphatic carbocycles. The molecule has 11 heteroatoms. The van der Waals surface area contributed by atoms with Crippen LogP contribution in [-0.4, -0.2) is 41.5 Å². The largest absolute Gasteiger partial charge is 0.416 e. The van der Waals surface area contributed by atoms with Crippen LogP contribution in [0.1, 0.15) is 54.2 Å². The minimum atomic E-state index is -4.69. The van der Waals surface area contributed by atoms with Gasteiger partial charge in [-0.1, -0.05) is 86.8 Å². The standard InChI is InChI=1S/C30H33F3N4O4/c1-2-3-6-15-24(18-37(21-38)41-19-22-11-7-4-8-12-22)28(39)34-20-35-29(40)27-17-25(30(31,32)33)16-26(36-27)23-13-9-5-10-14-23/h4-5,7-14,16-17,21,24H,2-3,6,15,18-20H2,1H3,(H,34,39)(H,35,40)/t24-/m1/s1. The van der Waals surface area contributed by atoms with Crippen LogP contribution in [-0.2, 0) is 27.2 Å². The van der Waals surface area contributed by atoms with Gasteiger partial charge in [0.2, 0.25) is 12.3 Å². The molecule has 0 saturated heterocycles. The number of hydrogen-bond acceptors (Lipinski definition) is 5. The van der Waals surface area contributed by atoms with Gasteiger partial charge in [-0.15, -0.1) is 0 Å². The summed E-state index contributed by atoms with van der Waals surface area (Å²) in [7, 11) is 0. The zero-order valence-electron chi connectivity index (χ0n) is 22.7. The van der Waals surface area contributed by atoms with Crippen molar-refractivity contribution in [2.24, 2.45) is 5.92 Å². The maximum Gasteiger partial charge on any atom is 0.416 e. The van der Waals surface area contributed by atoms with E-state index in [0.29, 0.717) is 24.5 Å². The van der Waals surface area contributed by atoms with Crippen molar-refractivity contribution in [3.05, 3.63) is 89.6 Å². The van der Waals surface area contributed by atoms with Crippen LogP contribution in [0.5, 0.6) is 0 Å². The number of benzene rings is 2. The van der Waals surface area contributed by atoms with Crippen molar-refractivity contribution in [1.82, 2.24) is 20.7 Å². The van der Waals surface area contributed by atoms with Gasteiger partial charge in [-0.3, -0.25) is 19.2 Å². The summed E-state index contributed by atoms with van der Waals surface area (Å²) in [5, 5.41) is 6.06. The fourth-order valence-corrected chi connectivity index (χ4v) is 4.03. The molecule has 8 nitrogen and oxygen atoms in total. The predicted octanol–water partition coefficient (Wildman–Crippen LogP) is 5.36. The number of carbonyl (C=O) groups excluding carboxylic acids is 3. The smallest absolute Gasteiger partial charge is 0.338 e. The quantitative estimate of drug-likeness (QED) is 0.111. The van der Waals surface area contributed by atoms with Crippen LogP contribution >= 0.6 is 0 Å². The number of unbranched alkanes of at least 4 members (excludes halogenated alkanes) is 2. The third-order valence-electron chi connectivity index (χ3n) is 6.25. The van der Waals surface area contributed by atoms with Gasteiger partial charge in [0.25, 0.3) is 5.91 Å². The molecule has 0 aliphatic heterocycles. The Morgan fingerprint density at radius 2 is 1.68 bits per heavy atom. The van der Waals surface area contributed by atoms with Crippen LogP contribution < -0.4 is 10.6 Å². The number of pyridine rings is 1. The van der Waals surface area contributed by atoms with Crippen molar-refractivity contribution in [3.8, 4) is 11.3 Å². The van der Waals surface area contributed by atoms with Crippen LogP contribution in [0.2, 0.25) is 0 Å². The molecular formula is C30H33F3N4O4. The number of halogens is 3. The zero-order valence-corrected chi connectivity index (χ0v) is 22.7. The third-order valence-corrected chi connectivity index (χ3v) is 6.25. The first-order valence-electron chi connectivity index (χ1n) is 13.3. The number of alkyl halides is 3. The van der Waals surface area contributed by atoms with Gasteiger partial charge in [0.1, 0.15) is 12.3 Å². The molecule has 0 aliphatic rings. The SMILES string of the molecule is CCCCC[C@H](CN(C=O)OCc1ccccc1)C(=O)NCNC(=O)c1cc(C(F)(F)F)cc(-c2ccccc2)n1. The van der Waals surface area contributed by atoms with Gasteiger partial charge < -0.3 is 10.6 Å². The Morgan fingerprint density at radius 1 is 1.00 bits per heavy atom. The Bertz CT molecular complexity index is 1270. The Kier molecular flexibility index (Phi) is 11.8. The highest BCUT2D eigenvalue weighted by Gasteiger charge is 2.32. The van der Waals surface area contributed by atoms with Gasteiger partial charge in [-0.2, -0.15) is 13.2 Å². The molecule has 0 radical (unpaired) electrons. The van der Waals surface area contributed by atoms with Crippen LogP contribution in [0.15, 0.2) is 72.8 Å². The van der Waals surface area contributed by atoms with E-state index in [1.54, 1.807) is 30.3 Å². The van der Waals surface area contributed by atoms with Gasteiger partial charge >= 0.3 is 6.18 Å². The van der Waals surface area contributed by atoms with E-state index in [1.165, 1.54) is 0 Å². The fourth-order valence-electron chi connectivity index (χ4n) is 4.03. The van der Waals surface area contributed by atoms with Crippen molar-refractivity contribution in [1.29, 1.82) is 0 Å². The minimum absolute atomic E-state index is 0.00452. The fraction of sp³-hybridized carbons (Fsp3) is 0.333. The summed E-state index contributed by atoms with van der Waals surface area (Å²) < 4.78 is 40.6. The summed E-state index contributed by atoms with van der Waals surface area (Å²) in [6, 6.07) is 19.0. The molecule has 0 spiro atoms. The molecule has 1 heterocycles. The van der Waals surface area contributed by atoms with Gasteiger partial charge in [-0.05, 0) is 24.1 Å². The van der Waals surface area contributed by atoms with Crippen LogP contribution in [0.25, 0.3) is 11.3 Å². The Labute approximate surface area is 236 Å². The molecule has 0 saturated carbocycles. The van der Waals surface area contributed by atoms with E-state index in [2.05, 4.69) is 15.6 Å². The second-order valence-electron chi connectivity index (χ2n) is 9.37. The summed E-state index contributed by atoms with van der Waals surface area (Å²) in [6.45, 7) is 1.83. The van der Waals surface area contributed by atoms with Crippen molar-refractivity contribution in [3.63, 3.8) is 0 Å². The van der Waals surface area contributed by atoms with E-state index < -0.39 is 35.2 Å². The highest BCUT2D eigenvalue weighted by molar-refractivity contribution is 5.93. The lowest BCUT2D eigenvalue weighted by Crippen LogP contribution is -2.43. The molecule has 41 heavy (non-hydrogen) atoms. The van der Waals surface area contributed by atoms with Gasteiger partial charge in [0.05, 0.1) is 30.4 Å². The van der Waals surface area contributed by atoms with Gasteiger partial charge in [0, 0.05) is 5.56 Å². The summed E-state index contributed by atoms with van der Waals surface area (Å²) in [4.78, 5) is 47.0. The molecule has 3 aromatic rings. The average Bonchev–Trinajstić information content (AvgIpc) is 2.98. The summed E-state index contributed by atoms with van der Waals surface area (Å²) >= 11 is 0. The molecule has 0 bridgehead atoms.